The highest BCUT2D eigenvalue weighted by atomic mass is 32.2. The van der Waals surface area contributed by atoms with E-state index in [0.717, 1.165) is 13.1 Å². The monoisotopic (exact) mass is 314 g/mol. The molecule has 1 aliphatic heterocycles. The third-order valence-electron chi connectivity index (χ3n) is 4.02. The molecule has 0 amide bonds. The summed E-state index contributed by atoms with van der Waals surface area (Å²) in [5.74, 6) is 0. The lowest BCUT2D eigenvalue weighted by atomic mass is 10.1. The second-order valence-corrected chi connectivity index (χ2v) is 7.44. The van der Waals surface area contributed by atoms with E-state index in [0.29, 0.717) is 24.2 Å². The lowest BCUT2D eigenvalue weighted by Gasteiger charge is -2.29. The molecule has 1 aromatic rings. The number of hydrogen-bond donors (Lipinski definition) is 1. The second kappa shape index (κ2) is 5.70. The van der Waals surface area contributed by atoms with Gasteiger partial charge in [-0.2, -0.15) is 4.31 Å². The lowest BCUT2D eigenvalue weighted by molar-refractivity contribution is -0.883. The van der Waals surface area contributed by atoms with E-state index in [-0.39, 0.29) is 10.6 Å². The summed E-state index contributed by atoms with van der Waals surface area (Å²) >= 11 is 0. The van der Waals surface area contributed by atoms with Crippen LogP contribution in [-0.2, 0) is 10.0 Å². The van der Waals surface area contributed by atoms with Gasteiger partial charge in [-0.15, -0.1) is 0 Å². The number of aryl methyl sites for hydroxylation is 1. The zero-order valence-electron chi connectivity index (χ0n) is 12.4. The van der Waals surface area contributed by atoms with E-state index in [4.69, 9.17) is 0 Å². The van der Waals surface area contributed by atoms with Crippen LogP contribution < -0.4 is 4.90 Å². The highest BCUT2D eigenvalue weighted by Crippen LogP contribution is 2.27. The summed E-state index contributed by atoms with van der Waals surface area (Å²) in [5, 5.41) is 11.1. The molecule has 0 radical (unpaired) electrons. The molecule has 7 nitrogen and oxygen atoms in total. The molecule has 0 spiro atoms. The van der Waals surface area contributed by atoms with E-state index in [1.165, 1.54) is 21.3 Å². The Labute approximate surface area is 124 Å². The summed E-state index contributed by atoms with van der Waals surface area (Å²) < 4.78 is 26.7. The van der Waals surface area contributed by atoms with Gasteiger partial charge in [0, 0.05) is 11.6 Å². The van der Waals surface area contributed by atoms with E-state index in [1.807, 2.05) is 7.05 Å². The van der Waals surface area contributed by atoms with Gasteiger partial charge in [0.25, 0.3) is 5.69 Å². The second-order valence-electron chi connectivity index (χ2n) is 5.50. The van der Waals surface area contributed by atoms with Crippen molar-refractivity contribution in [3.63, 3.8) is 0 Å². The number of nitro benzene ring substituents is 1. The standard InChI is InChI=1S/C13H19N3O4S/c1-10-8-12(9-13(11(10)2)16(17)18)21(19,20)15-6-4-14(3)5-7-15/h8-9H,4-7H2,1-3H3/p+1. The number of sulfonamides is 1. The fourth-order valence-corrected chi connectivity index (χ4v) is 3.95. The molecule has 0 bridgehead atoms. The van der Waals surface area contributed by atoms with Crippen molar-refractivity contribution in [2.24, 2.45) is 0 Å². The zero-order chi connectivity index (χ0) is 15.8. The SMILES string of the molecule is Cc1cc(S(=O)(=O)N2CC[NH+](C)CC2)cc([N+](=O)[O-])c1C. The third-order valence-corrected chi connectivity index (χ3v) is 5.90. The highest BCUT2D eigenvalue weighted by molar-refractivity contribution is 7.89. The van der Waals surface area contributed by atoms with Crippen molar-refractivity contribution < 1.29 is 18.2 Å². The Morgan fingerprint density at radius 3 is 2.33 bits per heavy atom. The summed E-state index contributed by atoms with van der Waals surface area (Å²) in [5.41, 5.74) is 0.970. The predicted molar refractivity (Wildman–Crippen MR) is 77.9 cm³/mol. The van der Waals surface area contributed by atoms with Crippen LogP contribution in [0.4, 0.5) is 5.69 Å². The van der Waals surface area contributed by atoms with Crippen molar-refractivity contribution in [3.05, 3.63) is 33.4 Å². The van der Waals surface area contributed by atoms with Crippen molar-refractivity contribution in [3.8, 4) is 0 Å². The van der Waals surface area contributed by atoms with Crippen LogP contribution in [-0.4, -0.2) is 50.9 Å². The zero-order valence-corrected chi connectivity index (χ0v) is 13.2. The highest BCUT2D eigenvalue weighted by Gasteiger charge is 2.31. The molecule has 1 heterocycles. The summed E-state index contributed by atoms with van der Waals surface area (Å²) in [6.07, 6.45) is 0. The van der Waals surface area contributed by atoms with Crippen LogP contribution in [0.3, 0.4) is 0 Å². The smallest absolute Gasteiger partial charge is 0.273 e. The van der Waals surface area contributed by atoms with Gasteiger partial charge in [0.1, 0.15) is 0 Å². The minimum Gasteiger partial charge on any atom is -0.335 e. The van der Waals surface area contributed by atoms with Gasteiger partial charge in [0.15, 0.2) is 0 Å². The maximum atomic E-state index is 12.6. The Bertz CT molecular complexity index is 664. The minimum absolute atomic E-state index is 0.0110. The van der Waals surface area contributed by atoms with Crippen LogP contribution in [0.25, 0.3) is 0 Å². The number of nitrogens with zero attached hydrogens (tertiary/aromatic N) is 2. The molecule has 0 unspecified atom stereocenters. The number of rotatable bonds is 3. The number of quaternary nitrogens is 1. The van der Waals surface area contributed by atoms with Gasteiger partial charge < -0.3 is 4.90 Å². The van der Waals surface area contributed by atoms with E-state index in [9.17, 15) is 18.5 Å². The summed E-state index contributed by atoms with van der Waals surface area (Å²) in [6, 6.07) is 2.69. The third kappa shape index (κ3) is 3.07. The number of piperazine rings is 1. The van der Waals surface area contributed by atoms with Crippen molar-refractivity contribution in [2.45, 2.75) is 18.7 Å². The van der Waals surface area contributed by atoms with E-state index >= 15 is 0 Å². The molecule has 8 heteroatoms. The van der Waals surface area contributed by atoms with Crippen LogP contribution in [0.5, 0.6) is 0 Å². The minimum atomic E-state index is -3.67. The van der Waals surface area contributed by atoms with Crippen LogP contribution in [0.2, 0.25) is 0 Å². The topological polar surface area (TPSA) is 85.0 Å². The van der Waals surface area contributed by atoms with Crippen LogP contribution >= 0.6 is 0 Å². The molecule has 1 N–H and O–H groups in total. The fourth-order valence-electron chi connectivity index (χ4n) is 2.40. The normalized spacial score (nSPS) is 17.9. The maximum absolute atomic E-state index is 12.6. The van der Waals surface area contributed by atoms with Gasteiger partial charge in [-0.1, -0.05) is 0 Å². The summed E-state index contributed by atoms with van der Waals surface area (Å²) in [6.45, 7) is 5.68. The van der Waals surface area contributed by atoms with Gasteiger partial charge in [0.05, 0.1) is 43.0 Å². The van der Waals surface area contributed by atoms with Gasteiger partial charge >= 0.3 is 0 Å². The van der Waals surface area contributed by atoms with Crippen molar-refractivity contribution in [1.29, 1.82) is 0 Å². The first-order valence-electron chi connectivity index (χ1n) is 6.80. The first-order chi connectivity index (χ1) is 9.73. The Morgan fingerprint density at radius 2 is 1.81 bits per heavy atom. The number of benzene rings is 1. The molecule has 0 aliphatic carbocycles. The number of nitro groups is 1. The summed E-state index contributed by atoms with van der Waals surface area (Å²) in [7, 11) is -1.65. The van der Waals surface area contributed by atoms with Crippen LogP contribution in [0.15, 0.2) is 17.0 Å². The molecule has 0 aromatic heterocycles. The average Bonchev–Trinajstić information content (AvgIpc) is 2.41. The summed E-state index contributed by atoms with van der Waals surface area (Å²) in [4.78, 5) is 11.8. The lowest BCUT2D eigenvalue weighted by Crippen LogP contribution is -3.12. The fraction of sp³-hybridized carbons (Fsp3) is 0.538. The first kappa shape index (κ1) is 15.9. The number of hydrogen-bond acceptors (Lipinski definition) is 4. The molecule has 1 saturated heterocycles. The molecule has 21 heavy (non-hydrogen) atoms. The maximum Gasteiger partial charge on any atom is 0.273 e. The van der Waals surface area contributed by atoms with E-state index < -0.39 is 14.9 Å². The van der Waals surface area contributed by atoms with Gasteiger partial charge in [-0.05, 0) is 25.5 Å². The Morgan fingerprint density at radius 1 is 1.24 bits per heavy atom. The molecule has 1 aromatic carbocycles. The first-order valence-corrected chi connectivity index (χ1v) is 8.24. The Balaban J connectivity index is 2.43. The number of nitrogens with one attached hydrogen (secondary N) is 1. The molecule has 0 saturated carbocycles. The Kier molecular flexibility index (Phi) is 4.31. The molecule has 0 atom stereocenters. The molecule has 1 fully saturated rings. The van der Waals surface area contributed by atoms with Gasteiger partial charge in [0.2, 0.25) is 10.0 Å². The van der Waals surface area contributed by atoms with E-state index in [1.54, 1.807) is 13.8 Å². The van der Waals surface area contributed by atoms with E-state index in [2.05, 4.69) is 0 Å². The largest absolute Gasteiger partial charge is 0.335 e. The van der Waals surface area contributed by atoms with Crippen molar-refractivity contribution >= 4 is 15.7 Å². The quantitative estimate of drug-likeness (QED) is 0.615. The van der Waals surface area contributed by atoms with Gasteiger partial charge in [-0.3, -0.25) is 10.1 Å². The molecular weight excluding hydrogens is 294 g/mol. The van der Waals surface area contributed by atoms with Crippen LogP contribution in [0.1, 0.15) is 11.1 Å². The van der Waals surface area contributed by atoms with Crippen LogP contribution in [0, 0.1) is 24.0 Å². The molecule has 116 valence electrons. The number of likely N-dealkylation sites (N-methyl/N-ethyl adjacent to an activating group) is 1. The molecule has 2 rings (SSSR count). The predicted octanol–water partition coefficient (Wildman–Crippen LogP) is -0.269. The van der Waals surface area contributed by atoms with Crippen molar-refractivity contribution in [1.82, 2.24) is 4.31 Å². The van der Waals surface area contributed by atoms with Gasteiger partial charge in [-0.25, -0.2) is 8.42 Å². The van der Waals surface area contributed by atoms with Crippen molar-refractivity contribution in [2.75, 3.05) is 33.2 Å². The average molecular weight is 314 g/mol. The molecule has 1 aliphatic rings. The Hall–Kier alpha value is -1.51. The molecular formula is C13H20N3O4S+.